The lowest BCUT2D eigenvalue weighted by Crippen LogP contribution is -2.50. The highest BCUT2D eigenvalue weighted by Gasteiger charge is 2.23. The number of hydrogen-bond donors (Lipinski definition) is 7. The molecule has 0 fully saturated rings. The van der Waals surface area contributed by atoms with E-state index in [0.29, 0.717) is 37.1 Å². The van der Waals surface area contributed by atoms with Gasteiger partial charge in [-0.2, -0.15) is 0 Å². The number of benzene rings is 1. The van der Waals surface area contributed by atoms with Gasteiger partial charge in [0.1, 0.15) is 11.6 Å². The average molecular weight is 504 g/mol. The highest BCUT2D eigenvalue weighted by Crippen LogP contribution is 2.21. The van der Waals surface area contributed by atoms with Crippen LogP contribution in [0.2, 0.25) is 0 Å². The zero-order chi connectivity index (χ0) is 26.0. The number of nitrogens with zero attached hydrogens (tertiary/aromatic N) is 2. The van der Waals surface area contributed by atoms with Crippen molar-refractivity contribution in [2.75, 3.05) is 18.4 Å². The van der Waals surface area contributed by atoms with E-state index in [-0.39, 0.29) is 32.3 Å². The zero-order valence-electron chi connectivity index (χ0n) is 19.6. The lowest BCUT2D eigenvalue weighted by molar-refractivity contribution is -0.127. The number of hydrogen-bond acceptors (Lipinski definition) is 7. The fraction of sp³-hybridized carbons (Fsp3) is 0.435. The van der Waals surface area contributed by atoms with Crippen LogP contribution in [0.1, 0.15) is 38.7 Å². The lowest BCUT2D eigenvalue weighted by atomic mass is 10.1. The van der Waals surface area contributed by atoms with Crippen molar-refractivity contribution in [2.24, 2.45) is 38.7 Å². The van der Waals surface area contributed by atoms with Crippen molar-refractivity contribution < 1.29 is 14.0 Å². The summed E-state index contributed by atoms with van der Waals surface area (Å²) in [6, 6.07) is 4.61. The molecule has 13 nitrogen and oxygen atoms in total. The Labute approximate surface area is 209 Å². The van der Waals surface area contributed by atoms with Crippen LogP contribution >= 0.6 is 0 Å². The first-order valence-electron chi connectivity index (χ1n) is 11.1. The van der Waals surface area contributed by atoms with E-state index >= 15 is 0 Å². The zero-order valence-corrected chi connectivity index (χ0v) is 19.6. The Morgan fingerprint density at radius 2 is 1.58 bits per heavy atom. The van der Waals surface area contributed by atoms with Gasteiger partial charge in [-0.3, -0.25) is 19.6 Å². The summed E-state index contributed by atoms with van der Waals surface area (Å²) >= 11 is 0. The van der Waals surface area contributed by atoms with Gasteiger partial charge in [-0.05, 0) is 50.3 Å². The van der Waals surface area contributed by atoms with Crippen molar-refractivity contribution in [3.05, 3.63) is 40.2 Å². The van der Waals surface area contributed by atoms with Crippen molar-refractivity contribution in [2.45, 2.75) is 52.1 Å². The number of carbonyl (C=O) groups is 2. The van der Waals surface area contributed by atoms with Gasteiger partial charge in [0.05, 0.1) is 6.04 Å². The Morgan fingerprint density at radius 1 is 0.972 bits per heavy atom. The number of aliphatic imine (C=N–C) groups is 2. The first-order valence-corrected chi connectivity index (χ1v) is 11.1. The largest absolute Gasteiger partial charge is 0.423 e. The summed E-state index contributed by atoms with van der Waals surface area (Å²) in [5, 5.41) is 6.18. The fourth-order valence-corrected chi connectivity index (χ4v) is 3.33. The fourth-order valence-electron chi connectivity index (χ4n) is 3.33. The molecular formula is C23H37N9O4. The second-order valence-electron chi connectivity index (χ2n) is 8.01. The van der Waals surface area contributed by atoms with E-state index in [2.05, 4.69) is 20.6 Å². The van der Waals surface area contributed by atoms with Gasteiger partial charge < -0.3 is 43.7 Å². The number of amides is 2. The topological polar surface area (TPSA) is 243 Å². The Balaban J connectivity index is 0.00000648. The van der Waals surface area contributed by atoms with Gasteiger partial charge in [0.15, 0.2) is 11.9 Å². The maximum Gasteiger partial charge on any atom is 0.336 e. The molecule has 1 aromatic carbocycles. The van der Waals surface area contributed by atoms with Gasteiger partial charge in [-0.1, -0.05) is 7.43 Å². The highest BCUT2D eigenvalue weighted by atomic mass is 16.4. The lowest BCUT2D eigenvalue weighted by Gasteiger charge is -2.20. The summed E-state index contributed by atoms with van der Waals surface area (Å²) in [6.45, 7) is 2.41. The van der Waals surface area contributed by atoms with E-state index in [1.807, 2.05) is 0 Å². The smallest absolute Gasteiger partial charge is 0.336 e. The Bertz CT molecular complexity index is 1150. The second-order valence-corrected chi connectivity index (χ2v) is 8.01. The van der Waals surface area contributed by atoms with E-state index in [4.69, 9.17) is 33.1 Å². The number of rotatable bonds is 12. The van der Waals surface area contributed by atoms with Crippen LogP contribution in [0, 0.1) is 6.92 Å². The van der Waals surface area contributed by atoms with Crippen molar-refractivity contribution in [3.63, 3.8) is 0 Å². The Kier molecular flexibility index (Phi) is 11.9. The number of nitrogens with one attached hydrogen (secondary N) is 2. The van der Waals surface area contributed by atoms with Crippen LogP contribution in [0.25, 0.3) is 11.0 Å². The number of nitrogens with two attached hydrogens (primary N) is 5. The number of carbonyl (C=O) groups excluding carboxylic acids is 2. The molecule has 0 bridgehead atoms. The molecule has 0 saturated heterocycles. The maximum atomic E-state index is 13.0. The van der Waals surface area contributed by atoms with Crippen LogP contribution in [0.15, 0.2) is 43.5 Å². The molecule has 0 spiro atoms. The average Bonchev–Trinajstić information content (AvgIpc) is 2.77. The van der Waals surface area contributed by atoms with Gasteiger partial charge in [0, 0.05) is 36.3 Å². The molecule has 0 aliphatic carbocycles. The predicted molar refractivity (Wildman–Crippen MR) is 142 cm³/mol. The molecule has 1 heterocycles. The van der Waals surface area contributed by atoms with Gasteiger partial charge in [0.2, 0.25) is 11.8 Å². The minimum atomic E-state index is -0.902. The van der Waals surface area contributed by atoms with E-state index < -0.39 is 29.5 Å². The van der Waals surface area contributed by atoms with Gasteiger partial charge >= 0.3 is 5.63 Å². The molecule has 0 radical (unpaired) electrons. The second kappa shape index (κ2) is 14.3. The van der Waals surface area contributed by atoms with E-state index in [1.165, 1.54) is 6.07 Å². The highest BCUT2D eigenvalue weighted by molar-refractivity contribution is 5.99. The van der Waals surface area contributed by atoms with E-state index in [0.717, 1.165) is 10.9 Å². The first-order chi connectivity index (χ1) is 16.6. The molecule has 2 aromatic rings. The predicted octanol–water partition coefficient (Wildman–Crippen LogP) is -0.405. The van der Waals surface area contributed by atoms with Crippen LogP contribution in [0.5, 0.6) is 0 Å². The van der Waals surface area contributed by atoms with Crippen molar-refractivity contribution in [1.82, 2.24) is 5.32 Å². The summed E-state index contributed by atoms with van der Waals surface area (Å²) in [5.74, 6) is -1.06. The van der Waals surface area contributed by atoms with Crippen LogP contribution < -0.4 is 44.9 Å². The van der Waals surface area contributed by atoms with Crippen LogP contribution in [0.4, 0.5) is 5.69 Å². The molecule has 2 atom stereocenters. The summed E-state index contributed by atoms with van der Waals surface area (Å²) in [7, 11) is 0. The molecule has 13 heteroatoms. The molecule has 0 aliphatic rings. The molecule has 36 heavy (non-hydrogen) atoms. The SMILES string of the molecule is C.Cc1cc(=O)oc2cc(NC(=O)C(CCCN=C(N)N)NC(=O)C(N)CCCN=C(N)N)ccc12. The monoisotopic (exact) mass is 503 g/mol. The van der Waals surface area contributed by atoms with E-state index in [1.54, 1.807) is 25.1 Å². The Hall–Kier alpha value is -4.13. The number of anilines is 1. The summed E-state index contributed by atoms with van der Waals surface area (Å²) in [6.07, 6.45) is 1.52. The van der Waals surface area contributed by atoms with Crippen LogP contribution in [-0.4, -0.2) is 48.9 Å². The molecule has 0 aliphatic heterocycles. The first kappa shape index (κ1) is 29.9. The standard InChI is InChI=1S/C22H33N9O4.CH4/c1-12-10-18(32)35-17-11-13(6-7-14(12)17)30-20(34)16(5-3-9-29-22(26)27)31-19(33)15(23)4-2-8-28-21(24)25;/h6-7,10-11,15-16H,2-5,8-9,23H2,1H3,(H,30,34)(H,31,33)(H4,24,25,28)(H4,26,27,29);1H4. The third-order valence-electron chi connectivity index (χ3n) is 5.10. The van der Waals surface area contributed by atoms with Crippen molar-refractivity contribution in [3.8, 4) is 0 Å². The maximum absolute atomic E-state index is 13.0. The molecule has 198 valence electrons. The number of aryl methyl sites for hydroxylation is 1. The molecule has 2 amide bonds. The van der Waals surface area contributed by atoms with Crippen molar-refractivity contribution in [1.29, 1.82) is 0 Å². The molecule has 2 unspecified atom stereocenters. The van der Waals surface area contributed by atoms with Gasteiger partial charge in [0.25, 0.3) is 0 Å². The molecule has 12 N–H and O–H groups in total. The summed E-state index contributed by atoms with van der Waals surface area (Å²) < 4.78 is 5.23. The molecule has 2 rings (SSSR count). The van der Waals surface area contributed by atoms with Crippen LogP contribution in [-0.2, 0) is 9.59 Å². The Morgan fingerprint density at radius 3 is 2.19 bits per heavy atom. The minimum absolute atomic E-state index is 0. The molecule has 0 saturated carbocycles. The quantitative estimate of drug-likeness (QED) is 0.0860. The van der Waals surface area contributed by atoms with Crippen molar-refractivity contribution >= 4 is 40.4 Å². The minimum Gasteiger partial charge on any atom is -0.423 e. The van der Waals surface area contributed by atoms with Gasteiger partial charge in [-0.15, -0.1) is 0 Å². The normalized spacial score (nSPS) is 12.1. The third kappa shape index (κ3) is 9.62. The van der Waals surface area contributed by atoms with Gasteiger partial charge in [-0.25, -0.2) is 4.79 Å². The molecular weight excluding hydrogens is 466 g/mol. The third-order valence-corrected chi connectivity index (χ3v) is 5.10. The number of guanidine groups is 2. The van der Waals surface area contributed by atoms with Crippen LogP contribution in [0.3, 0.4) is 0 Å². The number of fused-ring (bicyclic) bond motifs is 1. The summed E-state index contributed by atoms with van der Waals surface area (Å²) in [4.78, 5) is 45.1. The van der Waals surface area contributed by atoms with E-state index in [9.17, 15) is 14.4 Å². The molecule has 1 aromatic heterocycles. The summed E-state index contributed by atoms with van der Waals surface area (Å²) in [5.41, 5.74) is 28.2.